The lowest BCUT2D eigenvalue weighted by atomic mass is 10.1. The molecule has 0 saturated carbocycles. The highest BCUT2D eigenvalue weighted by molar-refractivity contribution is 7.18. The number of aliphatic hydroxyl groups is 1. The number of thiazole rings is 1. The van der Waals surface area contributed by atoms with Crippen molar-refractivity contribution >= 4 is 27.6 Å². The minimum absolute atomic E-state index is 0.108. The zero-order valence-electron chi connectivity index (χ0n) is 13.1. The molecule has 5 nitrogen and oxygen atoms in total. The van der Waals surface area contributed by atoms with Crippen molar-refractivity contribution in [3.63, 3.8) is 0 Å². The van der Waals surface area contributed by atoms with Gasteiger partial charge in [-0.25, -0.2) is 9.78 Å². The SMILES string of the molecule is O=C(NCc1nc2ccccc2s1)N[C@H](CO)Cc1ccccc1. The summed E-state index contributed by atoms with van der Waals surface area (Å²) in [5.41, 5.74) is 2.01. The second kappa shape index (κ2) is 7.90. The number of carbonyl (C=O) groups excluding carboxylic acids is 1. The Morgan fingerprint density at radius 3 is 2.62 bits per heavy atom. The van der Waals surface area contributed by atoms with Gasteiger partial charge >= 0.3 is 6.03 Å². The fourth-order valence-electron chi connectivity index (χ4n) is 2.45. The summed E-state index contributed by atoms with van der Waals surface area (Å²) in [6.07, 6.45) is 0.589. The molecule has 3 aromatic rings. The van der Waals surface area contributed by atoms with Gasteiger partial charge in [-0.1, -0.05) is 42.5 Å². The lowest BCUT2D eigenvalue weighted by Gasteiger charge is -2.16. The Morgan fingerprint density at radius 1 is 1.12 bits per heavy atom. The summed E-state index contributed by atoms with van der Waals surface area (Å²) >= 11 is 1.56. The quantitative estimate of drug-likeness (QED) is 0.645. The molecule has 6 heteroatoms. The van der Waals surface area contributed by atoms with Crippen molar-refractivity contribution in [2.24, 2.45) is 0 Å². The van der Waals surface area contributed by atoms with Crippen LogP contribution in [0.25, 0.3) is 10.2 Å². The Balaban J connectivity index is 1.52. The Kier molecular flexibility index (Phi) is 5.40. The van der Waals surface area contributed by atoms with Gasteiger partial charge in [-0.3, -0.25) is 0 Å². The average Bonchev–Trinajstić information content (AvgIpc) is 3.03. The summed E-state index contributed by atoms with van der Waals surface area (Å²) in [4.78, 5) is 16.5. The zero-order valence-corrected chi connectivity index (χ0v) is 13.9. The van der Waals surface area contributed by atoms with Gasteiger partial charge in [-0.05, 0) is 24.1 Å². The standard InChI is InChI=1S/C18H19N3O2S/c22-12-14(10-13-6-2-1-3-7-13)20-18(23)19-11-17-21-15-8-4-5-9-16(15)24-17/h1-9,14,22H,10-12H2,(H2,19,20,23)/t14-/m0/s1. The van der Waals surface area contributed by atoms with Gasteiger partial charge in [0.1, 0.15) is 5.01 Å². The van der Waals surface area contributed by atoms with Gasteiger partial charge in [0.25, 0.3) is 0 Å². The molecule has 2 aromatic carbocycles. The maximum Gasteiger partial charge on any atom is 0.315 e. The van der Waals surface area contributed by atoms with Gasteiger partial charge in [0.15, 0.2) is 0 Å². The molecule has 2 amide bonds. The highest BCUT2D eigenvalue weighted by Gasteiger charge is 2.12. The molecule has 1 heterocycles. The van der Waals surface area contributed by atoms with Crippen molar-refractivity contribution in [1.82, 2.24) is 15.6 Å². The number of para-hydroxylation sites is 1. The van der Waals surface area contributed by atoms with Crippen molar-refractivity contribution < 1.29 is 9.90 Å². The predicted molar refractivity (Wildman–Crippen MR) is 96.0 cm³/mol. The maximum absolute atomic E-state index is 12.0. The number of hydrogen-bond donors (Lipinski definition) is 3. The van der Waals surface area contributed by atoms with Crippen molar-refractivity contribution in [3.8, 4) is 0 Å². The summed E-state index contributed by atoms with van der Waals surface area (Å²) in [6.45, 7) is 0.262. The Hall–Kier alpha value is -2.44. The van der Waals surface area contributed by atoms with Crippen LogP contribution in [0.15, 0.2) is 54.6 Å². The van der Waals surface area contributed by atoms with Crippen LogP contribution in [0.5, 0.6) is 0 Å². The molecular formula is C18H19N3O2S. The van der Waals surface area contributed by atoms with E-state index in [0.29, 0.717) is 13.0 Å². The van der Waals surface area contributed by atoms with Crippen LogP contribution in [-0.2, 0) is 13.0 Å². The van der Waals surface area contributed by atoms with E-state index in [9.17, 15) is 9.90 Å². The molecule has 0 radical (unpaired) electrons. The molecule has 0 unspecified atom stereocenters. The number of aromatic nitrogens is 1. The van der Waals surface area contributed by atoms with Crippen LogP contribution in [0.3, 0.4) is 0 Å². The fraction of sp³-hybridized carbons (Fsp3) is 0.222. The van der Waals surface area contributed by atoms with E-state index in [2.05, 4.69) is 15.6 Å². The highest BCUT2D eigenvalue weighted by Crippen LogP contribution is 2.21. The average molecular weight is 341 g/mol. The van der Waals surface area contributed by atoms with Crippen LogP contribution >= 0.6 is 11.3 Å². The first kappa shape index (κ1) is 16.4. The molecule has 0 aliphatic carbocycles. The molecule has 0 fully saturated rings. The Labute approximate surface area is 144 Å². The van der Waals surface area contributed by atoms with Gasteiger partial charge in [-0.2, -0.15) is 0 Å². The van der Waals surface area contributed by atoms with Gasteiger partial charge in [0.2, 0.25) is 0 Å². The Bertz CT molecular complexity index is 771. The number of carbonyl (C=O) groups is 1. The molecule has 0 aliphatic rings. The smallest absolute Gasteiger partial charge is 0.315 e. The number of hydrogen-bond acceptors (Lipinski definition) is 4. The van der Waals surface area contributed by atoms with E-state index in [0.717, 1.165) is 20.8 Å². The van der Waals surface area contributed by atoms with Crippen molar-refractivity contribution in [3.05, 3.63) is 65.2 Å². The molecule has 0 saturated heterocycles. The summed E-state index contributed by atoms with van der Waals surface area (Å²) < 4.78 is 1.10. The lowest BCUT2D eigenvalue weighted by Crippen LogP contribution is -2.44. The number of benzene rings is 2. The van der Waals surface area contributed by atoms with Gasteiger partial charge in [-0.15, -0.1) is 11.3 Å². The lowest BCUT2D eigenvalue weighted by molar-refractivity contribution is 0.215. The molecule has 3 N–H and O–H groups in total. The third-order valence-electron chi connectivity index (χ3n) is 3.62. The van der Waals surface area contributed by atoms with Crippen molar-refractivity contribution in [1.29, 1.82) is 0 Å². The zero-order chi connectivity index (χ0) is 16.8. The van der Waals surface area contributed by atoms with Crippen LogP contribution in [-0.4, -0.2) is 28.8 Å². The van der Waals surface area contributed by atoms with E-state index in [1.165, 1.54) is 0 Å². The van der Waals surface area contributed by atoms with Gasteiger partial charge in [0.05, 0.1) is 29.4 Å². The molecule has 0 aliphatic heterocycles. The monoisotopic (exact) mass is 341 g/mol. The number of amides is 2. The van der Waals surface area contributed by atoms with Crippen LogP contribution in [0.4, 0.5) is 4.79 Å². The molecular weight excluding hydrogens is 322 g/mol. The van der Waals surface area contributed by atoms with Crippen LogP contribution in [0.1, 0.15) is 10.6 Å². The molecule has 1 aromatic heterocycles. The number of nitrogens with one attached hydrogen (secondary N) is 2. The van der Waals surface area contributed by atoms with Gasteiger partial charge in [0, 0.05) is 0 Å². The fourth-order valence-corrected chi connectivity index (χ4v) is 3.35. The first-order valence-electron chi connectivity index (χ1n) is 7.78. The minimum atomic E-state index is -0.317. The molecule has 124 valence electrons. The summed E-state index contributed by atoms with van der Waals surface area (Å²) in [7, 11) is 0. The van der Waals surface area contributed by atoms with E-state index in [1.807, 2.05) is 54.6 Å². The molecule has 1 atom stereocenters. The van der Waals surface area contributed by atoms with E-state index >= 15 is 0 Å². The van der Waals surface area contributed by atoms with E-state index in [-0.39, 0.29) is 18.7 Å². The minimum Gasteiger partial charge on any atom is -0.394 e. The summed E-state index contributed by atoms with van der Waals surface area (Å²) in [5, 5.41) is 15.9. The largest absolute Gasteiger partial charge is 0.394 e. The second-order valence-corrected chi connectivity index (χ2v) is 6.59. The second-order valence-electron chi connectivity index (χ2n) is 5.47. The Morgan fingerprint density at radius 2 is 1.88 bits per heavy atom. The molecule has 24 heavy (non-hydrogen) atoms. The van der Waals surface area contributed by atoms with E-state index in [4.69, 9.17) is 0 Å². The number of urea groups is 1. The third kappa shape index (κ3) is 4.31. The summed E-state index contributed by atoms with van der Waals surface area (Å²) in [6, 6.07) is 17.0. The van der Waals surface area contributed by atoms with Crippen LogP contribution in [0.2, 0.25) is 0 Å². The maximum atomic E-state index is 12.0. The number of nitrogens with zero attached hydrogens (tertiary/aromatic N) is 1. The number of aliphatic hydroxyl groups excluding tert-OH is 1. The van der Waals surface area contributed by atoms with Crippen molar-refractivity contribution in [2.75, 3.05) is 6.61 Å². The first-order valence-corrected chi connectivity index (χ1v) is 8.60. The van der Waals surface area contributed by atoms with Crippen LogP contribution in [0, 0.1) is 0 Å². The van der Waals surface area contributed by atoms with Gasteiger partial charge < -0.3 is 15.7 Å². The normalized spacial score (nSPS) is 12.0. The van der Waals surface area contributed by atoms with E-state index < -0.39 is 0 Å². The van der Waals surface area contributed by atoms with Crippen LogP contribution < -0.4 is 10.6 Å². The predicted octanol–water partition coefficient (Wildman–Crippen LogP) is 2.70. The van der Waals surface area contributed by atoms with Crippen molar-refractivity contribution in [2.45, 2.75) is 19.0 Å². The molecule has 0 bridgehead atoms. The first-order chi connectivity index (χ1) is 11.7. The number of rotatable bonds is 6. The summed E-state index contributed by atoms with van der Waals surface area (Å²) in [5.74, 6) is 0. The highest BCUT2D eigenvalue weighted by atomic mass is 32.1. The topological polar surface area (TPSA) is 74.2 Å². The van der Waals surface area contributed by atoms with E-state index in [1.54, 1.807) is 11.3 Å². The number of fused-ring (bicyclic) bond motifs is 1. The molecule has 3 rings (SSSR count). The third-order valence-corrected chi connectivity index (χ3v) is 4.66. The molecule has 0 spiro atoms.